The summed E-state index contributed by atoms with van der Waals surface area (Å²) in [6, 6.07) is 13.9. The highest BCUT2D eigenvalue weighted by Gasteiger charge is 2.56. The third-order valence-electron chi connectivity index (χ3n) is 4.52. The van der Waals surface area contributed by atoms with Gasteiger partial charge < -0.3 is 20.7 Å². The summed E-state index contributed by atoms with van der Waals surface area (Å²) < 4.78 is 5.52. The first-order valence-corrected chi connectivity index (χ1v) is 9.17. The van der Waals surface area contributed by atoms with Gasteiger partial charge in [-0.25, -0.2) is 0 Å². The van der Waals surface area contributed by atoms with Crippen molar-refractivity contribution < 1.29 is 19.1 Å². The first-order chi connectivity index (χ1) is 13.4. The van der Waals surface area contributed by atoms with Gasteiger partial charge in [0, 0.05) is 18.3 Å². The molecule has 0 unspecified atom stereocenters. The van der Waals surface area contributed by atoms with Crippen LogP contribution in [0.15, 0.2) is 48.5 Å². The highest BCUT2D eigenvalue weighted by atomic mass is 16.5. The Labute approximate surface area is 163 Å². The van der Waals surface area contributed by atoms with Crippen molar-refractivity contribution >= 4 is 34.8 Å². The molecule has 0 aliphatic heterocycles. The molecule has 1 aliphatic carbocycles. The van der Waals surface area contributed by atoms with E-state index in [0.717, 1.165) is 0 Å². The fraction of sp³-hybridized carbons (Fsp3) is 0.286. The lowest BCUT2D eigenvalue weighted by Crippen LogP contribution is -2.35. The molecule has 0 bridgehead atoms. The summed E-state index contributed by atoms with van der Waals surface area (Å²) in [6.45, 7) is 3.77. The van der Waals surface area contributed by atoms with Crippen molar-refractivity contribution in [3.05, 3.63) is 48.5 Å². The Morgan fingerprint density at radius 2 is 1.46 bits per heavy atom. The summed E-state index contributed by atoms with van der Waals surface area (Å²) in [7, 11) is 0. The number of carbonyl (C=O) groups is 3. The maximum Gasteiger partial charge on any atom is 0.240 e. The van der Waals surface area contributed by atoms with Crippen LogP contribution < -0.4 is 20.7 Å². The molecule has 0 aromatic heterocycles. The SMILES string of the molecule is CCOc1ccccc1NC(=O)C1(C(=O)Nc2ccc(NC(C)=O)cc2)CC1. The highest BCUT2D eigenvalue weighted by molar-refractivity contribution is 6.17. The van der Waals surface area contributed by atoms with Crippen molar-refractivity contribution in [3.63, 3.8) is 0 Å². The number of nitrogens with one attached hydrogen (secondary N) is 3. The van der Waals surface area contributed by atoms with Gasteiger partial charge in [0.25, 0.3) is 0 Å². The van der Waals surface area contributed by atoms with Crippen molar-refractivity contribution in [2.45, 2.75) is 26.7 Å². The van der Waals surface area contributed by atoms with E-state index in [1.165, 1.54) is 6.92 Å². The molecular formula is C21H23N3O4. The molecule has 3 N–H and O–H groups in total. The minimum atomic E-state index is -1.07. The zero-order valence-electron chi connectivity index (χ0n) is 15.9. The number of amides is 3. The molecule has 2 aromatic carbocycles. The third-order valence-corrected chi connectivity index (χ3v) is 4.52. The second kappa shape index (κ2) is 8.12. The Hall–Kier alpha value is -3.35. The average molecular weight is 381 g/mol. The molecule has 1 saturated carbocycles. The molecule has 1 aliphatic rings. The standard InChI is InChI=1S/C21H23N3O4/c1-3-28-18-7-5-4-6-17(18)24-20(27)21(12-13-21)19(26)23-16-10-8-15(9-11-16)22-14(2)25/h4-11H,3,12-13H2,1-2H3,(H,22,25)(H,23,26)(H,24,27). The molecule has 0 atom stereocenters. The summed E-state index contributed by atoms with van der Waals surface area (Å²) >= 11 is 0. The van der Waals surface area contributed by atoms with E-state index in [1.54, 1.807) is 42.5 Å². The first-order valence-electron chi connectivity index (χ1n) is 9.17. The predicted octanol–water partition coefficient (Wildman–Crippen LogP) is 3.40. The lowest BCUT2D eigenvalue weighted by molar-refractivity contribution is -0.131. The molecule has 3 amide bonds. The molecule has 28 heavy (non-hydrogen) atoms. The zero-order chi connectivity index (χ0) is 20.1. The Bertz CT molecular complexity index is 889. The quantitative estimate of drug-likeness (QED) is 0.641. The second-order valence-corrected chi connectivity index (χ2v) is 6.68. The lowest BCUT2D eigenvalue weighted by Gasteiger charge is -2.17. The van der Waals surface area contributed by atoms with Gasteiger partial charge in [0.05, 0.1) is 12.3 Å². The topological polar surface area (TPSA) is 96.5 Å². The molecule has 146 valence electrons. The van der Waals surface area contributed by atoms with E-state index in [9.17, 15) is 14.4 Å². The van der Waals surface area contributed by atoms with Crippen molar-refractivity contribution in [3.8, 4) is 5.75 Å². The number of anilines is 3. The van der Waals surface area contributed by atoms with Crippen LogP contribution in [-0.2, 0) is 14.4 Å². The number of hydrogen-bond acceptors (Lipinski definition) is 4. The fourth-order valence-corrected chi connectivity index (χ4v) is 2.87. The Balaban J connectivity index is 1.66. The summed E-state index contributed by atoms with van der Waals surface area (Å²) in [5, 5.41) is 8.27. The maximum atomic E-state index is 12.8. The van der Waals surface area contributed by atoms with Crippen LogP contribution in [0.5, 0.6) is 5.75 Å². The molecule has 7 heteroatoms. The van der Waals surface area contributed by atoms with Crippen LogP contribution in [-0.4, -0.2) is 24.3 Å². The fourth-order valence-electron chi connectivity index (χ4n) is 2.87. The van der Waals surface area contributed by atoms with Gasteiger partial charge in [-0.2, -0.15) is 0 Å². The normalized spacial score (nSPS) is 13.9. The summed E-state index contributed by atoms with van der Waals surface area (Å²) in [5.74, 6) is -0.279. The molecule has 1 fully saturated rings. The van der Waals surface area contributed by atoms with E-state index in [2.05, 4.69) is 16.0 Å². The van der Waals surface area contributed by atoms with Crippen LogP contribution in [0, 0.1) is 5.41 Å². The lowest BCUT2D eigenvalue weighted by atomic mass is 10.0. The van der Waals surface area contributed by atoms with Gasteiger partial charge in [-0.1, -0.05) is 12.1 Å². The molecule has 3 rings (SSSR count). The summed E-state index contributed by atoms with van der Waals surface area (Å²) in [4.78, 5) is 36.6. The Kier molecular flexibility index (Phi) is 5.63. The summed E-state index contributed by atoms with van der Waals surface area (Å²) in [5.41, 5.74) is 0.674. The highest BCUT2D eigenvalue weighted by Crippen LogP contribution is 2.48. The van der Waals surface area contributed by atoms with Crippen molar-refractivity contribution in [2.24, 2.45) is 5.41 Å². The van der Waals surface area contributed by atoms with E-state index in [-0.39, 0.29) is 17.7 Å². The van der Waals surface area contributed by atoms with Crippen LogP contribution in [0.3, 0.4) is 0 Å². The number of ether oxygens (including phenoxy) is 1. The van der Waals surface area contributed by atoms with Crippen LogP contribution >= 0.6 is 0 Å². The van der Waals surface area contributed by atoms with Crippen molar-refractivity contribution in [2.75, 3.05) is 22.6 Å². The van der Waals surface area contributed by atoms with Gasteiger partial charge in [-0.15, -0.1) is 0 Å². The van der Waals surface area contributed by atoms with E-state index in [4.69, 9.17) is 4.74 Å². The van der Waals surface area contributed by atoms with E-state index < -0.39 is 5.41 Å². The van der Waals surface area contributed by atoms with Gasteiger partial charge in [0.2, 0.25) is 17.7 Å². The van der Waals surface area contributed by atoms with Gasteiger partial charge in [-0.05, 0) is 56.2 Å². The van der Waals surface area contributed by atoms with Crippen molar-refractivity contribution in [1.29, 1.82) is 0 Å². The maximum absolute atomic E-state index is 12.8. The predicted molar refractivity (Wildman–Crippen MR) is 107 cm³/mol. The van der Waals surface area contributed by atoms with Gasteiger partial charge >= 0.3 is 0 Å². The molecule has 0 saturated heterocycles. The van der Waals surface area contributed by atoms with Crippen molar-refractivity contribution in [1.82, 2.24) is 0 Å². The van der Waals surface area contributed by atoms with Crippen LogP contribution in [0.4, 0.5) is 17.1 Å². The smallest absolute Gasteiger partial charge is 0.240 e. The number of rotatable bonds is 7. The average Bonchev–Trinajstić information content (AvgIpc) is 3.47. The number of carbonyl (C=O) groups excluding carboxylic acids is 3. The molecular weight excluding hydrogens is 358 g/mol. The first kappa shape index (κ1) is 19.4. The molecule has 2 aromatic rings. The van der Waals surface area contributed by atoms with Gasteiger partial charge in [0.1, 0.15) is 11.2 Å². The largest absolute Gasteiger partial charge is 0.492 e. The summed E-state index contributed by atoms with van der Waals surface area (Å²) in [6.07, 6.45) is 0.983. The van der Waals surface area contributed by atoms with E-state index in [0.29, 0.717) is 42.3 Å². The molecule has 0 heterocycles. The number of hydrogen-bond donors (Lipinski definition) is 3. The van der Waals surface area contributed by atoms with Gasteiger partial charge in [0.15, 0.2) is 0 Å². The third kappa shape index (κ3) is 4.31. The number of benzene rings is 2. The second-order valence-electron chi connectivity index (χ2n) is 6.68. The minimum absolute atomic E-state index is 0.169. The number of para-hydroxylation sites is 2. The minimum Gasteiger partial charge on any atom is -0.492 e. The molecule has 0 spiro atoms. The van der Waals surface area contributed by atoms with Crippen LogP contribution in [0.1, 0.15) is 26.7 Å². The molecule has 7 nitrogen and oxygen atoms in total. The van der Waals surface area contributed by atoms with Crippen LogP contribution in [0.2, 0.25) is 0 Å². The van der Waals surface area contributed by atoms with E-state index >= 15 is 0 Å². The Morgan fingerprint density at radius 1 is 0.893 bits per heavy atom. The monoisotopic (exact) mass is 381 g/mol. The molecule has 0 radical (unpaired) electrons. The Morgan fingerprint density at radius 3 is 2.04 bits per heavy atom. The zero-order valence-corrected chi connectivity index (χ0v) is 15.9. The van der Waals surface area contributed by atoms with E-state index in [1.807, 2.05) is 13.0 Å². The van der Waals surface area contributed by atoms with Gasteiger partial charge in [-0.3, -0.25) is 14.4 Å². The van der Waals surface area contributed by atoms with Crippen LogP contribution in [0.25, 0.3) is 0 Å².